The van der Waals surface area contributed by atoms with E-state index in [2.05, 4.69) is 32.2 Å². The molecule has 0 saturated heterocycles. The van der Waals surface area contributed by atoms with Crippen LogP contribution in [-0.4, -0.2) is 18.5 Å². The van der Waals surface area contributed by atoms with Crippen LogP contribution in [0.15, 0.2) is 6.07 Å². The van der Waals surface area contributed by atoms with Crippen molar-refractivity contribution in [1.29, 1.82) is 0 Å². The number of unbranched alkanes of at least 4 members (excludes halogenated alkanes) is 1. The average Bonchev–Trinajstić information content (AvgIpc) is 2.73. The van der Waals surface area contributed by atoms with Crippen LogP contribution in [-0.2, 0) is 11.2 Å². The van der Waals surface area contributed by atoms with Gasteiger partial charge in [0, 0.05) is 28.8 Å². The minimum Gasteiger partial charge on any atom is -0.352 e. The van der Waals surface area contributed by atoms with Crippen molar-refractivity contribution in [3.63, 3.8) is 0 Å². The highest BCUT2D eigenvalue weighted by Gasteiger charge is 2.10. The molecule has 0 fully saturated rings. The van der Waals surface area contributed by atoms with Gasteiger partial charge in [-0.15, -0.1) is 11.3 Å². The van der Waals surface area contributed by atoms with Gasteiger partial charge in [0.05, 0.1) is 0 Å². The zero-order valence-electron chi connectivity index (χ0n) is 13.0. The number of amides is 1. The fraction of sp³-hybridized carbons (Fsp3) is 0.688. The molecule has 0 aromatic carbocycles. The maximum Gasteiger partial charge on any atom is 0.220 e. The summed E-state index contributed by atoms with van der Waals surface area (Å²) in [5, 5.41) is 3.05. The van der Waals surface area contributed by atoms with Crippen LogP contribution in [0.3, 0.4) is 0 Å². The number of carbonyl (C=O) groups excluding carboxylic acids is 1. The number of aryl methyl sites for hydroxylation is 3. The van der Waals surface area contributed by atoms with Gasteiger partial charge in [0.25, 0.3) is 0 Å². The molecule has 0 spiro atoms. The van der Waals surface area contributed by atoms with Crippen LogP contribution in [0.1, 0.15) is 54.3 Å². The molecular weight excluding hydrogens is 268 g/mol. The summed E-state index contributed by atoms with van der Waals surface area (Å²) in [6.45, 7) is 6.98. The third-order valence-electron chi connectivity index (χ3n) is 3.55. The van der Waals surface area contributed by atoms with Gasteiger partial charge in [0.2, 0.25) is 5.91 Å². The molecule has 1 unspecified atom stereocenters. The summed E-state index contributed by atoms with van der Waals surface area (Å²) < 4.78 is 0. The summed E-state index contributed by atoms with van der Waals surface area (Å²) >= 11 is 1.83. The lowest BCUT2D eigenvalue weighted by atomic mass is 10.1. The minimum atomic E-state index is 0.140. The molecule has 3 nitrogen and oxygen atoms in total. The minimum absolute atomic E-state index is 0.140. The number of hydrogen-bond acceptors (Lipinski definition) is 3. The van der Waals surface area contributed by atoms with Crippen LogP contribution >= 0.6 is 11.3 Å². The summed E-state index contributed by atoms with van der Waals surface area (Å²) in [6.07, 6.45) is 5.75. The predicted octanol–water partition coefficient (Wildman–Crippen LogP) is 3.32. The van der Waals surface area contributed by atoms with Gasteiger partial charge in [-0.2, -0.15) is 0 Å². The number of thiophene rings is 1. The zero-order chi connectivity index (χ0) is 15.0. The fourth-order valence-electron chi connectivity index (χ4n) is 2.37. The van der Waals surface area contributed by atoms with Gasteiger partial charge in [-0.1, -0.05) is 19.8 Å². The summed E-state index contributed by atoms with van der Waals surface area (Å²) in [4.78, 5) is 14.6. The Hall–Kier alpha value is -0.870. The lowest BCUT2D eigenvalue weighted by molar-refractivity contribution is -0.121. The molecule has 0 aliphatic heterocycles. The van der Waals surface area contributed by atoms with Crippen molar-refractivity contribution in [2.24, 2.45) is 5.73 Å². The number of nitrogens with one attached hydrogen (secondary N) is 1. The van der Waals surface area contributed by atoms with E-state index in [1.165, 1.54) is 15.3 Å². The van der Waals surface area contributed by atoms with Gasteiger partial charge in [0.1, 0.15) is 0 Å². The molecule has 20 heavy (non-hydrogen) atoms. The predicted molar refractivity (Wildman–Crippen MR) is 87.2 cm³/mol. The molecular formula is C16H28N2OS. The van der Waals surface area contributed by atoms with E-state index in [0.717, 1.165) is 32.1 Å². The molecule has 0 aliphatic carbocycles. The Morgan fingerprint density at radius 2 is 2.15 bits per heavy atom. The van der Waals surface area contributed by atoms with Gasteiger partial charge in [0.15, 0.2) is 0 Å². The Morgan fingerprint density at radius 3 is 2.70 bits per heavy atom. The number of carbonyl (C=O) groups is 1. The maximum atomic E-state index is 11.9. The average molecular weight is 296 g/mol. The summed E-state index contributed by atoms with van der Waals surface area (Å²) in [5.74, 6) is 0.140. The molecule has 1 atom stereocenters. The first-order valence-corrected chi connectivity index (χ1v) is 8.43. The van der Waals surface area contributed by atoms with Gasteiger partial charge in [-0.3, -0.25) is 4.79 Å². The van der Waals surface area contributed by atoms with Crippen LogP contribution in [0.4, 0.5) is 0 Å². The molecule has 1 heterocycles. The van der Waals surface area contributed by atoms with E-state index in [9.17, 15) is 4.79 Å². The first-order chi connectivity index (χ1) is 9.56. The van der Waals surface area contributed by atoms with Crippen LogP contribution in [0, 0.1) is 13.8 Å². The van der Waals surface area contributed by atoms with Crippen molar-refractivity contribution in [1.82, 2.24) is 5.32 Å². The Balaban J connectivity index is 2.27. The second-order valence-electron chi connectivity index (χ2n) is 5.43. The highest BCUT2D eigenvalue weighted by molar-refractivity contribution is 7.12. The topological polar surface area (TPSA) is 55.1 Å². The monoisotopic (exact) mass is 296 g/mol. The Bertz CT molecular complexity index is 415. The quantitative estimate of drug-likeness (QED) is 0.734. The van der Waals surface area contributed by atoms with E-state index in [4.69, 9.17) is 5.73 Å². The summed E-state index contributed by atoms with van der Waals surface area (Å²) in [5.41, 5.74) is 7.08. The molecule has 1 aromatic heterocycles. The van der Waals surface area contributed by atoms with Crippen molar-refractivity contribution in [3.8, 4) is 0 Å². The lowest BCUT2D eigenvalue weighted by Gasteiger charge is -2.16. The fourth-order valence-corrected chi connectivity index (χ4v) is 3.35. The molecule has 1 aromatic rings. The van der Waals surface area contributed by atoms with Crippen molar-refractivity contribution >= 4 is 17.2 Å². The molecule has 1 rings (SSSR count). The van der Waals surface area contributed by atoms with Gasteiger partial charge < -0.3 is 11.1 Å². The van der Waals surface area contributed by atoms with Crippen molar-refractivity contribution in [3.05, 3.63) is 21.4 Å². The third-order valence-corrected chi connectivity index (χ3v) is 4.56. The van der Waals surface area contributed by atoms with E-state index in [0.29, 0.717) is 13.0 Å². The first kappa shape index (κ1) is 17.2. The van der Waals surface area contributed by atoms with E-state index >= 15 is 0 Å². The van der Waals surface area contributed by atoms with Crippen molar-refractivity contribution in [2.45, 2.75) is 65.3 Å². The molecule has 0 aliphatic rings. The first-order valence-electron chi connectivity index (χ1n) is 7.62. The highest BCUT2D eigenvalue weighted by Crippen LogP contribution is 2.22. The highest BCUT2D eigenvalue weighted by atomic mass is 32.1. The van der Waals surface area contributed by atoms with Gasteiger partial charge >= 0.3 is 0 Å². The lowest BCUT2D eigenvalue weighted by Crippen LogP contribution is -2.40. The smallest absolute Gasteiger partial charge is 0.220 e. The third kappa shape index (κ3) is 6.06. The van der Waals surface area contributed by atoms with E-state index in [1.54, 1.807) is 0 Å². The van der Waals surface area contributed by atoms with E-state index in [-0.39, 0.29) is 11.9 Å². The van der Waals surface area contributed by atoms with Crippen LogP contribution in [0.25, 0.3) is 0 Å². The normalized spacial score (nSPS) is 12.4. The molecule has 1 amide bonds. The zero-order valence-corrected chi connectivity index (χ0v) is 13.8. The van der Waals surface area contributed by atoms with Gasteiger partial charge in [-0.05, 0) is 44.7 Å². The second kappa shape index (κ2) is 9.14. The van der Waals surface area contributed by atoms with Crippen LogP contribution in [0.5, 0.6) is 0 Å². The van der Waals surface area contributed by atoms with Crippen molar-refractivity contribution in [2.75, 3.05) is 6.54 Å². The molecule has 4 heteroatoms. The molecule has 0 radical (unpaired) electrons. The maximum absolute atomic E-state index is 11.9. The number of nitrogens with two attached hydrogens (primary N) is 1. The number of hydrogen-bond donors (Lipinski definition) is 2. The number of rotatable bonds is 9. The SMILES string of the molecule is CCCCC(CN)NC(=O)CCCc1cc(C)sc1C. The Labute approximate surface area is 127 Å². The van der Waals surface area contributed by atoms with E-state index < -0.39 is 0 Å². The molecule has 3 N–H and O–H groups in total. The van der Waals surface area contributed by atoms with Crippen LogP contribution < -0.4 is 11.1 Å². The standard InChI is InChI=1S/C16H28N2OS/c1-4-5-8-15(11-17)18-16(19)9-6-7-14-10-12(2)20-13(14)3/h10,15H,4-9,11,17H2,1-3H3,(H,18,19). The molecule has 0 bridgehead atoms. The summed E-state index contributed by atoms with van der Waals surface area (Å²) in [6, 6.07) is 2.38. The summed E-state index contributed by atoms with van der Waals surface area (Å²) in [7, 11) is 0. The van der Waals surface area contributed by atoms with E-state index in [1.807, 2.05) is 11.3 Å². The van der Waals surface area contributed by atoms with Crippen molar-refractivity contribution < 1.29 is 4.79 Å². The molecule has 0 saturated carbocycles. The Morgan fingerprint density at radius 1 is 1.40 bits per heavy atom. The molecule has 114 valence electrons. The Kier molecular flexibility index (Phi) is 7.85. The largest absolute Gasteiger partial charge is 0.352 e. The second-order valence-corrected chi connectivity index (χ2v) is 6.89. The van der Waals surface area contributed by atoms with Crippen LogP contribution in [0.2, 0.25) is 0 Å². The van der Waals surface area contributed by atoms with Gasteiger partial charge in [-0.25, -0.2) is 0 Å².